The van der Waals surface area contributed by atoms with Gasteiger partial charge in [-0.05, 0) is 0 Å². The third kappa shape index (κ3) is 3.34. The fourth-order valence-electron chi connectivity index (χ4n) is 2.23. The first-order valence-corrected chi connectivity index (χ1v) is 7.30. The average Bonchev–Trinajstić information content (AvgIpc) is 3.02. The lowest BCUT2D eigenvalue weighted by Gasteiger charge is -2.42. The summed E-state index contributed by atoms with van der Waals surface area (Å²) in [6.07, 6.45) is -7.64. The summed E-state index contributed by atoms with van der Waals surface area (Å²) in [5, 5.41) is 8.59. The highest BCUT2D eigenvalue weighted by Gasteiger charge is 2.93. The smallest absolute Gasteiger partial charge is 0.395 e. The van der Waals surface area contributed by atoms with E-state index in [0.717, 1.165) is 0 Å². The van der Waals surface area contributed by atoms with Gasteiger partial charge in [0.25, 0.3) is 0 Å². The van der Waals surface area contributed by atoms with Gasteiger partial charge in [0.15, 0.2) is 5.84 Å². The van der Waals surface area contributed by atoms with Gasteiger partial charge in [-0.1, -0.05) is 0 Å². The number of hydrogen-bond donors (Lipinski definition) is 1. The van der Waals surface area contributed by atoms with Crippen LogP contribution in [0.15, 0.2) is 4.99 Å². The van der Waals surface area contributed by atoms with Gasteiger partial charge >= 0.3 is 41.7 Å². The van der Waals surface area contributed by atoms with Crippen molar-refractivity contribution in [3.63, 3.8) is 0 Å². The predicted octanol–water partition coefficient (Wildman–Crippen LogP) is 4.07. The molecule has 0 atom stereocenters. The van der Waals surface area contributed by atoms with E-state index in [1.165, 1.54) is 0 Å². The summed E-state index contributed by atoms with van der Waals surface area (Å²) in [4.78, 5) is 2.60. The number of β-amino-alcohol motifs (C(OH)–C–C–N with tert-alkyl or cyclic N) is 1. The second kappa shape index (κ2) is 7.22. The van der Waals surface area contributed by atoms with Crippen LogP contribution in [-0.4, -0.2) is 83.8 Å². The van der Waals surface area contributed by atoms with Crippen molar-refractivity contribution < 1.29 is 71.0 Å². The van der Waals surface area contributed by atoms with Gasteiger partial charge in [0.1, 0.15) is 0 Å². The van der Waals surface area contributed by atoms with E-state index in [1.807, 2.05) is 0 Å². The molecule has 0 unspecified atom stereocenters. The molecule has 1 aliphatic rings. The highest BCUT2D eigenvalue weighted by atomic mass is 19.4. The van der Waals surface area contributed by atoms with Crippen LogP contribution in [0.5, 0.6) is 0 Å². The number of aliphatic hydroxyl groups is 1. The summed E-state index contributed by atoms with van der Waals surface area (Å²) >= 11 is 0. The Morgan fingerprint density at radius 3 is 1.47 bits per heavy atom. The zero-order valence-electron chi connectivity index (χ0n) is 13.8. The Kier molecular flexibility index (Phi) is 6.36. The number of alkyl halides is 15. The lowest BCUT2D eigenvalue weighted by atomic mass is 9.90. The lowest BCUT2D eigenvalue weighted by molar-refractivity contribution is -0.448. The van der Waals surface area contributed by atoms with Crippen molar-refractivity contribution in [2.75, 3.05) is 26.2 Å². The van der Waals surface area contributed by atoms with E-state index in [0.29, 0.717) is 0 Å². The molecule has 0 saturated carbocycles. The van der Waals surface area contributed by atoms with E-state index in [1.54, 1.807) is 0 Å². The second-order valence-electron chi connectivity index (χ2n) is 5.86. The van der Waals surface area contributed by atoms with Crippen LogP contribution in [0.4, 0.5) is 65.9 Å². The molecule has 0 radical (unpaired) electrons. The van der Waals surface area contributed by atoms with Gasteiger partial charge in [-0.3, -0.25) is 4.99 Å². The first-order valence-electron chi connectivity index (χ1n) is 7.30. The van der Waals surface area contributed by atoms with Crippen LogP contribution >= 0.6 is 0 Å². The summed E-state index contributed by atoms with van der Waals surface area (Å²) in [5.41, 5.74) is 0. The van der Waals surface area contributed by atoms with E-state index in [9.17, 15) is 65.9 Å². The Bertz CT molecular complexity index is 669. The summed E-state index contributed by atoms with van der Waals surface area (Å²) in [6, 6.07) is 0. The molecule has 1 rings (SSSR count). The fraction of sp³-hybridized carbons (Fsp3) is 0.917. The van der Waals surface area contributed by atoms with Gasteiger partial charge in [0.05, 0.1) is 13.2 Å². The van der Waals surface area contributed by atoms with E-state index < -0.39 is 73.8 Å². The number of hydrogen-bond acceptors (Lipinski definition) is 3. The van der Waals surface area contributed by atoms with E-state index in [4.69, 9.17) is 5.11 Å². The molecule has 0 spiro atoms. The molecule has 0 aliphatic carbocycles. The van der Waals surface area contributed by atoms with Crippen molar-refractivity contribution in [3.05, 3.63) is 0 Å². The maximum Gasteiger partial charge on any atom is 0.460 e. The van der Waals surface area contributed by atoms with Crippen LogP contribution in [-0.2, 0) is 0 Å². The molecule has 0 amide bonds. The van der Waals surface area contributed by atoms with Crippen molar-refractivity contribution in [3.8, 4) is 0 Å². The fourth-order valence-corrected chi connectivity index (χ4v) is 2.23. The van der Waals surface area contributed by atoms with Crippen LogP contribution in [0.2, 0.25) is 0 Å². The second-order valence-corrected chi connectivity index (χ2v) is 5.86. The largest absolute Gasteiger partial charge is 0.460 e. The molecule has 178 valence electrons. The summed E-state index contributed by atoms with van der Waals surface area (Å²) in [6.45, 7) is -3.64. The molecule has 18 heteroatoms. The van der Waals surface area contributed by atoms with Gasteiger partial charge in [-0.2, -0.15) is 65.9 Å². The minimum Gasteiger partial charge on any atom is -0.395 e. The molecule has 0 aromatic carbocycles. The predicted molar refractivity (Wildman–Crippen MR) is 66.7 cm³/mol. The van der Waals surface area contributed by atoms with Crippen LogP contribution in [0, 0.1) is 0 Å². The van der Waals surface area contributed by atoms with Crippen molar-refractivity contribution >= 4 is 5.84 Å². The molecule has 3 nitrogen and oxygen atoms in total. The number of amidine groups is 1. The zero-order valence-corrected chi connectivity index (χ0v) is 13.8. The monoisotopic (exact) mass is 482 g/mol. The Balaban J connectivity index is 3.56. The van der Waals surface area contributed by atoms with Crippen LogP contribution in [0.3, 0.4) is 0 Å². The standard InChI is InChI=1S/C12H9F15N2O/c13-6(14,5-28-1-2-29(5)3-4-30)7(15,16)8(17,18)9(19,20)10(21,22)11(23,24)12(25,26)27/h30H,1-4H2. The van der Waals surface area contributed by atoms with E-state index in [-0.39, 0.29) is 4.90 Å². The van der Waals surface area contributed by atoms with E-state index in [2.05, 4.69) is 4.99 Å². The van der Waals surface area contributed by atoms with Crippen LogP contribution in [0.25, 0.3) is 0 Å². The number of halogens is 15. The highest BCUT2D eigenvalue weighted by Crippen LogP contribution is 2.62. The third-order valence-corrected chi connectivity index (χ3v) is 3.91. The van der Waals surface area contributed by atoms with Crippen molar-refractivity contribution in [1.82, 2.24) is 4.90 Å². The highest BCUT2D eigenvalue weighted by molar-refractivity contribution is 5.91. The number of rotatable bonds is 8. The molecule has 30 heavy (non-hydrogen) atoms. The molecule has 0 bridgehead atoms. The Labute approximate surface area is 156 Å². The van der Waals surface area contributed by atoms with Gasteiger partial charge in [0.2, 0.25) is 0 Å². The van der Waals surface area contributed by atoms with Crippen LogP contribution in [0.1, 0.15) is 0 Å². The summed E-state index contributed by atoms with van der Waals surface area (Å²) in [7, 11) is 0. The number of aliphatic hydroxyl groups excluding tert-OH is 1. The average molecular weight is 482 g/mol. The zero-order chi connectivity index (χ0) is 24.2. The van der Waals surface area contributed by atoms with Crippen molar-refractivity contribution in [2.24, 2.45) is 4.99 Å². The molecular weight excluding hydrogens is 473 g/mol. The van der Waals surface area contributed by atoms with Gasteiger partial charge < -0.3 is 10.0 Å². The van der Waals surface area contributed by atoms with Gasteiger partial charge in [-0.25, -0.2) is 0 Å². The topological polar surface area (TPSA) is 35.8 Å². The lowest BCUT2D eigenvalue weighted by Crippen LogP contribution is -2.73. The summed E-state index contributed by atoms with van der Waals surface area (Å²) < 4.78 is 197. The maximum atomic E-state index is 14.0. The van der Waals surface area contributed by atoms with Gasteiger partial charge in [-0.15, -0.1) is 0 Å². The van der Waals surface area contributed by atoms with Crippen molar-refractivity contribution in [1.29, 1.82) is 0 Å². The van der Waals surface area contributed by atoms with Crippen molar-refractivity contribution in [2.45, 2.75) is 41.7 Å². The minimum absolute atomic E-state index is 0.0232. The quantitative estimate of drug-likeness (QED) is 0.530. The molecule has 0 aromatic rings. The molecule has 1 aliphatic heterocycles. The third-order valence-electron chi connectivity index (χ3n) is 3.91. The SMILES string of the molecule is OCCN1CCN=C1C(F)(F)C(F)(F)C(F)(F)C(F)(F)C(F)(F)C(F)(F)C(F)(F)F. The Hall–Kier alpha value is -1.62. The Morgan fingerprint density at radius 2 is 1.07 bits per heavy atom. The molecule has 1 N–H and O–H groups in total. The normalized spacial score (nSPS) is 18.1. The Morgan fingerprint density at radius 1 is 0.667 bits per heavy atom. The summed E-state index contributed by atoms with van der Waals surface area (Å²) in [5.74, 6) is -49.3. The first-order chi connectivity index (χ1) is 13.1. The van der Waals surface area contributed by atoms with Gasteiger partial charge in [0, 0.05) is 13.1 Å². The first kappa shape index (κ1) is 26.4. The molecular formula is C12H9F15N2O. The molecule has 1 heterocycles. The van der Waals surface area contributed by atoms with E-state index >= 15 is 0 Å². The van der Waals surface area contributed by atoms with Crippen LogP contribution < -0.4 is 0 Å². The maximum absolute atomic E-state index is 14.0. The number of aliphatic imine (C=N–C) groups is 1. The molecule has 0 aromatic heterocycles. The number of nitrogens with zero attached hydrogens (tertiary/aromatic N) is 2. The molecule has 0 saturated heterocycles. The minimum atomic E-state index is -8.33. The molecule has 0 fully saturated rings.